The predicted octanol–water partition coefficient (Wildman–Crippen LogP) is 6.04. The zero-order chi connectivity index (χ0) is 23.2. The van der Waals surface area contributed by atoms with Gasteiger partial charge in [0.1, 0.15) is 23.9 Å². The van der Waals surface area contributed by atoms with Gasteiger partial charge in [0, 0.05) is 6.54 Å². The molecular formula is C26H23FN2O3S. The third-order valence-electron chi connectivity index (χ3n) is 4.98. The Morgan fingerprint density at radius 1 is 1.03 bits per heavy atom. The molecule has 5 nitrogen and oxygen atoms in total. The van der Waals surface area contributed by atoms with E-state index in [0.29, 0.717) is 29.0 Å². The Morgan fingerprint density at radius 2 is 1.79 bits per heavy atom. The van der Waals surface area contributed by atoms with E-state index in [2.05, 4.69) is 4.99 Å². The quantitative estimate of drug-likeness (QED) is 0.402. The van der Waals surface area contributed by atoms with Gasteiger partial charge in [0.05, 0.1) is 17.7 Å². The zero-order valence-corrected chi connectivity index (χ0v) is 19.1. The number of aliphatic imine (C=N–C) groups is 1. The van der Waals surface area contributed by atoms with Crippen LogP contribution in [0.2, 0.25) is 0 Å². The van der Waals surface area contributed by atoms with Crippen LogP contribution in [0.5, 0.6) is 11.5 Å². The number of hydrogen-bond donors (Lipinski definition) is 0. The Kier molecular flexibility index (Phi) is 7.10. The Bertz CT molecular complexity index is 1190. The third-order valence-corrected chi connectivity index (χ3v) is 5.98. The van der Waals surface area contributed by atoms with E-state index in [1.807, 2.05) is 61.5 Å². The molecule has 0 spiro atoms. The van der Waals surface area contributed by atoms with Crippen LogP contribution in [0.4, 0.5) is 10.1 Å². The van der Waals surface area contributed by atoms with Crippen LogP contribution in [0.3, 0.4) is 0 Å². The largest absolute Gasteiger partial charge is 0.497 e. The molecule has 3 aromatic carbocycles. The number of likely N-dealkylation sites (N-methyl/N-ethyl adjacent to an activating group) is 1. The molecule has 0 atom stereocenters. The molecule has 7 heteroatoms. The fourth-order valence-electron chi connectivity index (χ4n) is 3.23. The zero-order valence-electron chi connectivity index (χ0n) is 18.3. The van der Waals surface area contributed by atoms with Gasteiger partial charge in [-0.1, -0.05) is 24.3 Å². The first-order valence-electron chi connectivity index (χ1n) is 10.5. The van der Waals surface area contributed by atoms with E-state index in [0.717, 1.165) is 22.6 Å². The minimum atomic E-state index is -0.276. The number of amidine groups is 1. The van der Waals surface area contributed by atoms with Crippen molar-refractivity contribution in [3.63, 3.8) is 0 Å². The monoisotopic (exact) mass is 462 g/mol. The van der Waals surface area contributed by atoms with Gasteiger partial charge in [-0.25, -0.2) is 9.38 Å². The summed E-state index contributed by atoms with van der Waals surface area (Å²) in [5, 5.41) is 0.641. The number of nitrogens with zero attached hydrogens (tertiary/aromatic N) is 2. The van der Waals surface area contributed by atoms with Crippen LogP contribution < -0.4 is 9.47 Å². The topological polar surface area (TPSA) is 51.1 Å². The van der Waals surface area contributed by atoms with E-state index in [9.17, 15) is 9.18 Å². The van der Waals surface area contributed by atoms with E-state index in [-0.39, 0.29) is 11.7 Å². The molecule has 1 aliphatic rings. The van der Waals surface area contributed by atoms with Gasteiger partial charge in [-0.15, -0.1) is 0 Å². The fourth-order valence-corrected chi connectivity index (χ4v) is 4.29. The molecule has 33 heavy (non-hydrogen) atoms. The second-order valence-electron chi connectivity index (χ2n) is 7.24. The molecule has 168 valence electrons. The number of carbonyl (C=O) groups is 1. The molecule has 4 rings (SSSR count). The van der Waals surface area contributed by atoms with Gasteiger partial charge in [-0.2, -0.15) is 0 Å². The second kappa shape index (κ2) is 10.4. The Hall–Kier alpha value is -3.58. The van der Waals surface area contributed by atoms with Crippen molar-refractivity contribution in [2.75, 3.05) is 13.7 Å². The lowest BCUT2D eigenvalue weighted by Gasteiger charge is -2.12. The normalized spacial score (nSPS) is 16.0. The summed E-state index contributed by atoms with van der Waals surface area (Å²) < 4.78 is 24.1. The smallest absolute Gasteiger partial charge is 0.266 e. The van der Waals surface area contributed by atoms with E-state index >= 15 is 0 Å². The summed E-state index contributed by atoms with van der Waals surface area (Å²) in [7, 11) is 1.62. The number of methoxy groups -OCH3 is 1. The number of benzene rings is 3. The molecule has 1 amide bonds. The van der Waals surface area contributed by atoms with Gasteiger partial charge in [0.25, 0.3) is 5.91 Å². The van der Waals surface area contributed by atoms with E-state index in [1.165, 1.54) is 23.9 Å². The van der Waals surface area contributed by atoms with Gasteiger partial charge in [0.15, 0.2) is 5.17 Å². The molecule has 0 aromatic heterocycles. The minimum Gasteiger partial charge on any atom is -0.497 e. The number of halogens is 1. The first kappa shape index (κ1) is 22.6. The van der Waals surface area contributed by atoms with E-state index in [4.69, 9.17) is 9.47 Å². The number of thioether (sulfide) groups is 1. The van der Waals surface area contributed by atoms with Crippen LogP contribution in [0, 0.1) is 5.82 Å². The Morgan fingerprint density at radius 3 is 2.48 bits per heavy atom. The highest BCUT2D eigenvalue weighted by Crippen LogP contribution is 2.34. The standard InChI is InChI=1S/C26H23FN2O3S/c1-3-29-25(30)24(33-26(29)28-21-11-13-22(31-2)14-12-21)16-19-5-4-6-23(15-19)32-17-18-7-9-20(27)10-8-18/h4-16H,3,17H2,1-2H3/b24-16+,28-26?. The van der Waals surface area contributed by atoms with Crippen LogP contribution in [-0.2, 0) is 11.4 Å². The van der Waals surface area contributed by atoms with Gasteiger partial charge < -0.3 is 9.47 Å². The van der Waals surface area contributed by atoms with E-state index < -0.39 is 0 Å². The molecule has 1 aliphatic heterocycles. The summed E-state index contributed by atoms with van der Waals surface area (Å²) in [5.74, 6) is 1.07. The number of amides is 1. The number of carbonyl (C=O) groups excluding carboxylic acids is 1. The molecule has 0 bridgehead atoms. The van der Waals surface area contributed by atoms with Crippen molar-refractivity contribution in [2.24, 2.45) is 4.99 Å². The summed E-state index contributed by atoms with van der Waals surface area (Å²) in [6.07, 6.45) is 1.84. The third kappa shape index (κ3) is 5.62. The number of hydrogen-bond acceptors (Lipinski definition) is 5. The summed E-state index contributed by atoms with van der Waals surface area (Å²) in [5.41, 5.74) is 2.48. The highest BCUT2D eigenvalue weighted by atomic mass is 32.2. The maximum absolute atomic E-state index is 13.1. The van der Waals surface area contributed by atoms with Crippen molar-refractivity contribution in [1.29, 1.82) is 0 Å². The van der Waals surface area contributed by atoms with Crippen LogP contribution in [0.1, 0.15) is 18.1 Å². The molecule has 0 unspecified atom stereocenters. The molecule has 3 aromatic rings. The van der Waals surface area contributed by atoms with Crippen LogP contribution >= 0.6 is 11.8 Å². The van der Waals surface area contributed by atoms with Gasteiger partial charge in [0.2, 0.25) is 0 Å². The first-order valence-corrected chi connectivity index (χ1v) is 11.3. The number of ether oxygens (including phenoxy) is 2. The molecule has 0 saturated carbocycles. The number of rotatable bonds is 7. The Labute approximate surface area is 196 Å². The summed E-state index contributed by atoms with van der Waals surface area (Å²) in [6.45, 7) is 2.78. The lowest BCUT2D eigenvalue weighted by molar-refractivity contribution is -0.122. The summed E-state index contributed by atoms with van der Waals surface area (Å²) >= 11 is 1.35. The molecule has 1 fully saturated rings. The predicted molar refractivity (Wildman–Crippen MR) is 130 cm³/mol. The lowest BCUT2D eigenvalue weighted by atomic mass is 10.2. The maximum atomic E-state index is 13.1. The molecule has 1 heterocycles. The minimum absolute atomic E-state index is 0.0765. The summed E-state index contributed by atoms with van der Waals surface area (Å²) in [4.78, 5) is 19.9. The average Bonchev–Trinajstić information content (AvgIpc) is 3.13. The highest BCUT2D eigenvalue weighted by molar-refractivity contribution is 8.18. The van der Waals surface area contributed by atoms with Crippen molar-refractivity contribution >= 4 is 34.6 Å². The van der Waals surface area contributed by atoms with Crippen LogP contribution in [-0.4, -0.2) is 29.6 Å². The van der Waals surface area contributed by atoms with Crippen molar-refractivity contribution in [1.82, 2.24) is 4.90 Å². The van der Waals surface area contributed by atoms with Gasteiger partial charge in [-0.05, 0) is 84.4 Å². The maximum Gasteiger partial charge on any atom is 0.266 e. The van der Waals surface area contributed by atoms with Gasteiger partial charge in [-0.3, -0.25) is 9.69 Å². The average molecular weight is 463 g/mol. The van der Waals surface area contributed by atoms with Crippen molar-refractivity contribution in [2.45, 2.75) is 13.5 Å². The lowest BCUT2D eigenvalue weighted by Crippen LogP contribution is -2.28. The highest BCUT2D eigenvalue weighted by Gasteiger charge is 2.32. The molecule has 0 radical (unpaired) electrons. The SMILES string of the molecule is CCN1C(=O)/C(=C\c2cccc(OCc3ccc(F)cc3)c2)SC1=Nc1ccc(OC)cc1. The molecular weight excluding hydrogens is 439 g/mol. The van der Waals surface area contributed by atoms with Crippen LogP contribution in [0.25, 0.3) is 6.08 Å². The molecule has 0 aliphatic carbocycles. The second-order valence-corrected chi connectivity index (χ2v) is 8.25. The molecule has 1 saturated heterocycles. The van der Waals surface area contributed by atoms with Crippen molar-refractivity contribution < 1.29 is 18.7 Å². The Balaban J connectivity index is 1.50. The fraction of sp³-hybridized carbons (Fsp3) is 0.154. The van der Waals surface area contributed by atoms with Crippen molar-refractivity contribution in [3.05, 3.63) is 94.6 Å². The van der Waals surface area contributed by atoms with Gasteiger partial charge >= 0.3 is 0 Å². The summed E-state index contributed by atoms with van der Waals surface area (Å²) in [6, 6.07) is 21.1. The first-order chi connectivity index (χ1) is 16.1. The van der Waals surface area contributed by atoms with Crippen molar-refractivity contribution in [3.8, 4) is 11.5 Å². The molecule has 0 N–H and O–H groups in total. The van der Waals surface area contributed by atoms with E-state index in [1.54, 1.807) is 24.1 Å². The van der Waals surface area contributed by atoms with Crippen LogP contribution in [0.15, 0.2) is 82.7 Å².